The summed E-state index contributed by atoms with van der Waals surface area (Å²) >= 11 is 3.34. The Hall–Kier alpha value is -1.68. The van der Waals surface area contributed by atoms with Crippen LogP contribution in [0.25, 0.3) is 0 Å². The van der Waals surface area contributed by atoms with Crippen molar-refractivity contribution in [2.24, 2.45) is 0 Å². The minimum absolute atomic E-state index is 0.0550. The number of nitrogens with zero attached hydrogens (tertiary/aromatic N) is 2. The summed E-state index contributed by atoms with van der Waals surface area (Å²) in [6.45, 7) is 3.41. The van der Waals surface area contributed by atoms with E-state index in [0.717, 1.165) is 15.0 Å². The first-order valence-electron chi connectivity index (χ1n) is 7.08. The number of ether oxygens (including phenoxy) is 1. The number of amides is 1. The van der Waals surface area contributed by atoms with Gasteiger partial charge in [-0.3, -0.25) is 9.59 Å². The Balaban J connectivity index is 1.75. The average molecular weight is 457 g/mol. The molecule has 0 aliphatic carbocycles. The summed E-state index contributed by atoms with van der Waals surface area (Å²) in [6, 6.07) is 9.21. The molecule has 0 aliphatic rings. The Bertz CT molecular complexity index is 735. The number of benzene rings is 1. The van der Waals surface area contributed by atoms with E-state index >= 15 is 0 Å². The van der Waals surface area contributed by atoms with Gasteiger partial charge < -0.3 is 10.1 Å². The monoisotopic (exact) mass is 457 g/mol. The molecule has 1 N–H and O–H groups in total. The number of anilines is 1. The number of aryl methyl sites for hydroxylation is 2. The van der Waals surface area contributed by atoms with E-state index in [1.807, 2.05) is 38.1 Å². The third-order valence-electron chi connectivity index (χ3n) is 2.75. The van der Waals surface area contributed by atoms with E-state index in [9.17, 15) is 9.59 Å². The van der Waals surface area contributed by atoms with Gasteiger partial charge in [-0.2, -0.15) is 0 Å². The maximum atomic E-state index is 11.8. The van der Waals surface area contributed by atoms with Crippen LogP contribution >= 0.6 is 34.4 Å². The first-order chi connectivity index (χ1) is 11.4. The Morgan fingerprint density at radius 3 is 2.58 bits per heavy atom. The number of hydrogen-bond donors (Lipinski definition) is 1. The molecular formula is C16H16IN3O3S. The Kier molecular flexibility index (Phi) is 6.98. The Labute approximate surface area is 157 Å². The van der Waals surface area contributed by atoms with Crippen molar-refractivity contribution >= 4 is 51.9 Å². The topological polar surface area (TPSA) is 81.2 Å². The fraction of sp³-hybridized carbons (Fsp3) is 0.250. The van der Waals surface area contributed by atoms with E-state index in [0.29, 0.717) is 10.8 Å². The standard InChI is InChI=1S/C16H16IN3O3S/c1-10-6-11(2)19-16(18-10)24-9-15(22)23-8-14(21)20-13-5-3-4-12(17)7-13/h3-7H,8-9H2,1-2H3,(H,20,21). The Morgan fingerprint density at radius 2 is 1.92 bits per heavy atom. The van der Waals surface area contributed by atoms with E-state index in [4.69, 9.17) is 4.74 Å². The maximum absolute atomic E-state index is 11.8. The van der Waals surface area contributed by atoms with Crippen LogP contribution in [0.15, 0.2) is 35.5 Å². The summed E-state index contributed by atoms with van der Waals surface area (Å²) in [5, 5.41) is 3.20. The van der Waals surface area contributed by atoms with Gasteiger partial charge in [0.2, 0.25) is 0 Å². The maximum Gasteiger partial charge on any atom is 0.316 e. The van der Waals surface area contributed by atoms with E-state index < -0.39 is 5.97 Å². The molecule has 126 valence electrons. The third-order valence-corrected chi connectivity index (χ3v) is 4.25. The van der Waals surface area contributed by atoms with Crippen LogP contribution in [0, 0.1) is 17.4 Å². The molecule has 1 amide bonds. The highest BCUT2D eigenvalue weighted by atomic mass is 127. The third kappa shape index (κ3) is 6.44. The van der Waals surface area contributed by atoms with Crippen LogP contribution in [0.4, 0.5) is 5.69 Å². The molecule has 2 rings (SSSR count). The lowest BCUT2D eigenvalue weighted by atomic mass is 10.3. The fourth-order valence-corrected chi connectivity index (χ4v) is 3.12. The quantitative estimate of drug-likeness (QED) is 0.311. The summed E-state index contributed by atoms with van der Waals surface area (Å²) < 4.78 is 5.97. The summed E-state index contributed by atoms with van der Waals surface area (Å²) in [5.41, 5.74) is 2.35. The van der Waals surface area contributed by atoms with Gasteiger partial charge >= 0.3 is 5.97 Å². The average Bonchev–Trinajstić information content (AvgIpc) is 2.50. The summed E-state index contributed by atoms with van der Waals surface area (Å²) in [7, 11) is 0. The van der Waals surface area contributed by atoms with Gasteiger partial charge in [-0.25, -0.2) is 9.97 Å². The van der Waals surface area contributed by atoms with Gasteiger partial charge in [0.25, 0.3) is 5.91 Å². The second kappa shape index (κ2) is 8.97. The molecule has 24 heavy (non-hydrogen) atoms. The highest BCUT2D eigenvalue weighted by molar-refractivity contribution is 14.1. The number of rotatable bonds is 6. The number of carbonyl (C=O) groups is 2. The Morgan fingerprint density at radius 1 is 1.21 bits per heavy atom. The SMILES string of the molecule is Cc1cc(C)nc(SCC(=O)OCC(=O)Nc2cccc(I)c2)n1. The zero-order valence-corrected chi connectivity index (χ0v) is 16.2. The van der Waals surface area contributed by atoms with Crippen LogP contribution in [0.2, 0.25) is 0 Å². The lowest BCUT2D eigenvalue weighted by Crippen LogP contribution is -2.21. The van der Waals surface area contributed by atoms with Crippen molar-refractivity contribution in [1.29, 1.82) is 0 Å². The van der Waals surface area contributed by atoms with Crippen LogP contribution in [-0.4, -0.2) is 34.2 Å². The predicted octanol–water partition coefficient (Wildman–Crippen LogP) is 2.97. The molecular weight excluding hydrogens is 441 g/mol. The molecule has 1 heterocycles. The molecule has 0 saturated heterocycles. The number of halogens is 1. The fourth-order valence-electron chi connectivity index (χ4n) is 1.83. The largest absolute Gasteiger partial charge is 0.455 e. The van der Waals surface area contributed by atoms with Crippen molar-refractivity contribution in [2.75, 3.05) is 17.7 Å². The lowest BCUT2D eigenvalue weighted by molar-refractivity contribution is -0.144. The highest BCUT2D eigenvalue weighted by Crippen LogP contribution is 2.14. The van der Waals surface area contributed by atoms with E-state index in [2.05, 4.69) is 37.9 Å². The highest BCUT2D eigenvalue weighted by Gasteiger charge is 2.10. The summed E-state index contributed by atoms with van der Waals surface area (Å²) in [4.78, 5) is 31.9. The van der Waals surface area contributed by atoms with Crippen molar-refractivity contribution in [3.8, 4) is 0 Å². The molecule has 0 saturated carbocycles. The molecule has 0 fully saturated rings. The number of carbonyl (C=O) groups excluding carboxylic acids is 2. The van der Waals surface area contributed by atoms with Crippen LogP contribution in [0.5, 0.6) is 0 Å². The molecule has 6 nitrogen and oxygen atoms in total. The van der Waals surface area contributed by atoms with Gasteiger partial charge in [-0.15, -0.1) is 0 Å². The number of hydrogen-bond acceptors (Lipinski definition) is 6. The van der Waals surface area contributed by atoms with Gasteiger partial charge in [0.05, 0.1) is 5.75 Å². The van der Waals surface area contributed by atoms with Crippen molar-refractivity contribution in [2.45, 2.75) is 19.0 Å². The second-order valence-corrected chi connectivity index (χ2v) is 7.13. The second-order valence-electron chi connectivity index (χ2n) is 4.94. The number of thioether (sulfide) groups is 1. The van der Waals surface area contributed by atoms with E-state index in [1.54, 1.807) is 6.07 Å². The number of nitrogens with one attached hydrogen (secondary N) is 1. The van der Waals surface area contributed by atoms with Gasteiger partial charge in [-0.1, -0.05) is 17.8 Å². The van der Waals surface area contributed by atoms with Crippen molar-refractivity contribution < 1.29 is 14.3 Å². The lowest BCUT2D eigenvalue weighted by Gasteiger charge is -2.07. The van der Waals surface area contributed by atoms with Gasteiger partial charge in [0.15, 0.2) is 11.8 Å². The van der Waals surface area contributed by atoms with Crippen molar-refractivity contribution in [3.05, 3.63) is 45.3 Å². The first kappa shape index (κ1) is 18.7. The predicted molar refractivity (Wildman–Crippen MR) is 101 cm³/mol. The van der Waals surface area contributed by atoms with E-state index in [1.165, 1.54) is 11.8 Å². The van der Waals surface area contributed by atoms with Crippen molar-refractivity contribution in [1.82, 2.24) is 9.97 Å². The first-order valence-corrected chi connectivity index (χ1v) is 9.15. The molecule has 8 heteroatoms. The van der Waals surface area contributed by atoms with Gasteiger partial charge in [0.1, 0.15) is 0 Å². The molecule has 0 atom stereocenters. The zero-order chi connectivity index (χ0) is 17.5. The number of aromatic nitrogens is 2. The van der Waals surface area contributed by atoms with Crippen molar-refractivity contribution in [3.63, 3.8) is 0 Å². The molecule has 0 aliphatic heterocycles. The smallest absolute Gasteiger partial charge is 0.316 e. The van der Waals surface area contributed by atoms with Gasteiger partial charge in [-0.05, 0) is 60.7 Å². The number of esters is 1. The molecule has 0 spiro atoms. The summed E-state index contributed by atoms with van der Waals surface area (Å²) in [6.07, 6.45) is 0. The minimum atomic E-state index is -0.486. The molecule has 0 radical (unpaired) electrons. The molecule has 0 bridgehead atoms. The minimum Gasteiger partial charge on any atom is -0.455 e. The molecule has 1 aromatic carbocycles. The van der Waals surface area contributed by atoms with Crippen LogP contribution < -0.4 is 5.32 Å². The summed E-state index contributed by atoms with van der Waals surface area (Å²) in [5.74, 6) is -0.807. The molecule has 1 aromatic heterocycles. The van der Waals surface area contributed by atoms with Crippen LogP contribution in [0.1, 0.15) is 11.4 Å². The van der Waals surface area contributed by atoms with Crippen LogP contribution in [-0.2, 0) is 14.3 Å². The van der Waals surface area contributed by atoms with Gasteiger partial charge in [0, 0.05) is 20.6 Å². The normalized spacial score (nSPS) is 10.3. The molecule has 0 unspecified atom stereocenters. The van der Waals surface area contributed by atoms with Crippen LogP contribution in [0.3, 0.4) is 0 Å². The molecule has 2 aromatic rings. The van der Waals surface area contributed by atoms with E-state index in [-0.39, 0.29) is 18.3 Å². The zero-order valence-electron chi connectivity index (χ0n) is 13.2.